The highest BCUT2D eigenvalue weighted by Crippen LogP contribution is 2.43. The Morgan fingerprint density at radius 2 is 1.91 bits per heavy atom. The normalized spacial score (nSPS) is 19.6. The van der Waals surface area contributed by atoms with Crippen LogP contribution in [0, 0.1) is 5.92 Å². The van der Waals surface area contributed by atoms with Crippen molar-refractivity contribution in [1.29, 1.82) is 0 Å². The lowest BCUT2D eigenvalue weighted by atomic mass is 9.98. The van der Waals surface area contributed by atoms with Crippen molar-refractivity contribution in [2.45, 2.75) is 46.1 Å². The Balaban J connectivity index is 1.95. The van der Waals surface area contributed by atoms with Crippen LogP contribution in [0.2, 0.25) is 0 Å². The largest absolute Gasteiger partial charge is 0.486 e. The molecule has 0 aromatic heterocycles. The summed E-state index contributed by atoms with van der Waals surface area (Å²) >= 11 is 0. The van der Waals surface area contributed by atoms with Crippen LogP contribution >= 0.6 is 0 Å². The van der Waals surface area contributed by atoms with Gasteiger partial charge in [0, 0.05) is 18.7 Å². The Hall–Kier alpha value is -1.91. The molecular weight excluding hydrogens is 292 g/mol. The predicted octanol–water partition coefficient (Wildman–Crippen LogP) is 3.43. The maximum atomic E-state index is 12.9. The first-order valence-electron chi connectivity index (χ1n) is 8.63. The van der Waals surface area contributed by atoms with Gasteiger partial charge in [-0.2, -0.15) is 0 Å². The lowest BCUT2D eigenvalue weighted by Crippen LogP contribution is -2.50. The van der Waals surface area contributed by atoms with E-state index in [-0.39, 0.29) is 17.9 Å². The van der Waals surface area contributed by atoms with Gasteiger partial charge >= 0.3 is 0 Å². The van der Waals surface area contributed by atoms with Crippen LogP contribution in [-0.2, 0) is 4.79 Å². The summed E-state index contributed by atoms with van der Waals surface area (Å²) in [4.78, 5) is 14.8. The first-order valence-corrected chi connectivity index (χ1v) is 8.63. The van der Waals surface area contributed by atoms with Crippen LogP contribution in [0.4, 0.5) is 11.4 Å². The van der Waals surface area contributed by atoms with Crippen molar-refractivity contribution in [3.63, 3.8) is 0 Å². The highest BCUT2D eigenvalue weighted by Gasteiger charge is 2.35. The van der Waals surface area contributed by atoms with E-state index in [4.69, 9.17) is 9.47 Å². The summed E-state index contributed by atoms with van der Waals surface area (Å²) in [6, 6.07) is 3.72. The summed E-state index contributed by atoms with van der Waals surface area (Å²) in [5.74, 6) is 1.87. The number of benzene rings is 1. The van der Waals surface area contributed by atoms with Gasteiger partial charge in [0.05, 0.1) is 11.4 Å². The van der Waals surface area contributed by atoms with Crippen molar-refractivity contribution in [3.8, 4) is 11.5 Å². The number of rotatable bonds is 5. The Labute approximate surface area is 137 Å². The zero-order valence-electron chi connectivity index (χ0n) is 14.2. The first-order chi connectivity index (χ1) is 11.1. The molecule has 0 spiro atoms. The van der Waals surface area contributed by atoms with Crippen molar-refractivity contribution < 1.29 is 14.3 Å². The van der Waals surface area contributed by atoms with Gasteiger partial charge in [-0.25, -0.2) is 0 Å². The minimum Gasteiger partial charge on any atom is -0.486 e. The number of hydrogen-bond donors (Lipinski definition) is 1. The summed E-state index contributed by atoms with van der Waals surface area (Å²) < 4.78 is 11.4. The lowest BCUT2D eigenvalue weighted by Gasteiger charge is -2.38. The minimum absolute atomic E-state index is 0.153. The molecule has 5 nitrogen and oxygen atoms in total. The summed E-state index contributed by atoms with van der Waals surface area (Å²) in [5.41, 5.74) is 1.87. The van der Waals surface area contributed by atoms with Crippen LogP contribution < -0.4 is 19.7 Å². The quantitative estimate of drug-likeness (QED) is 0.845. The molecule has 2 heterocycles. The van der Waals surface area contributed by atoms with Gasteiger partial charge in [-0.3, -0.25) is 4.79 Å². The number of nitrogens with one attached hydrogen (secondary N) is 1. The molecule has 3 rings (SSSR count). The van der Waals surface area contributed by atoms with Crippen molar-refractivity contribution in [2.24, 2.45) is 5.92 Å². The van der Waals surface area contributed by atoms with E-state index >= 15 is 0 Å². The summed E-state index contributed by atoms with van der Waals surface area (Å²) in [6.45, 7) is 8.19. The van der Waals surface area contributed by atoms with Crippen LogP contribution in [0.5, 0.6) is 11.5 Å². The number of ether oxygens (including phenoxy) is 2. The second kappa shape index (κ2) is 6.69. The molecule has 1 atom stereocenters. The number of amides is 1. The molecule has 0 saturated heterocycles. The molecule has 1 unspecified atom stereocenters. The number of carbonyl (C=O) groups excluding carboxylic acids is 1. The van der Waals surface area contributed by atoms with E-state index in [0.29, 0.717) is 13.2 Å². The lowest BCUT2D eigenvalue weighted by molar-refractivity contribution is -0.120. The molecule has 0 radical (unpaired) electrons. The highest BCUT2D eigenvalue weighted by molar-refractivity contribution is 6.05. The SMILES string of the molecule is CCCCCN1C(=O)C(C(C)C)Nc2cc3c(cc21)OCCO3. The smallest absolute Gasteiger partial charge is 0.249 e. The fourth-order valence-electron chi connectivity index (χ4n) is 3.14. The number of fused-ring (bicyclic) bond motifs is 2. The fourth-order valence-corrected chi connectivity index (χ4v) is 3.14. The third kappa shape index (κ3) is 3.09. The molecule has 2 aliphatic rings. The Kier molecular flexibility index (Phi) is 4.64. The summed E-state index contributed by atoms with van der Waals surface area (Å²) in [6.07, 6.45) is 3.28. The van der Waals surface area contributed by atoms with E-state index < -0.39 is 0 Å². The highest BCUT2D eigenvalue weighted by atomic mass is 16.6. The Bertz CT molecular complexity index is 586. The monoisotopic (exact) mass is 318 g/mol. The Morgan fingerprint density at radius 1 is 1.22 bits per heavy atom. The molecule has 1 amide bonds. The maximum absolute atomic E-state index is 12.9. The average Bonchev–Trinajstić information content (AvgIpc) is 2.55. The van der Waals surface area contributed by atoms with Gasteiger partial charge in [0.1, 0.15) is 19.3 Å². The summed E-state index contributed by atoms with van der Waals surface area (Å²) in [7, 11) is 0. The predicted molar refractivity (Wildman–Crippen MR) is 91.6 cm³/mol. The molecule has 0 saturated carbocycles. The van der Waals surface area contributed by atoms with Gasteiger partial charge in [-0.1, -0.05) is 33.6 Å². The number of unbranched alkanes of at least 4 members (excludes halogenated alkanes) is 2. The minimum atomic E-state index is -0.188. The second-order valence-electron chi connectivity index (χ2n) is 6.58. The maximum Gasteiger partial charge on any atom is 0.249 e. The third-order valence-corrected chi connectivity index (χ3v) is 4.45. The molecule has 1 aromatic carbocycles. The third-order valence-electron chi connectivity index (χ3n) is 4.45. The average molecular weight is 318 g/mol. The Morgan fingerprint density at radius 3 is 2.57 bits per heavy atom. The van der Waals surface area contributed by atoms with Gasteiger partial charge in [0.25, 0.3) is 0 Å². The van der Waals surface area contributed by atoms with E-state index in [0.717, 1.165) is 48.7 Å². The van der Waals surface area contributed by atoms with Crippen molar-refractivity contribution in [2.75, 3.05) is 30.0 Å². The molecule has 2 aliphatic heterocycles. The van der Waals surface area contributed by atoms with Crippen LogP contribution in [-0.4, -0.2) is 31.7 Å². The topological polar surface area (TPSA) is 50.8 Å². The van der Waals surface area contributed by atoms with Crippen LogP contribution in [0.3, 0.4) is 0 Å². The number of nitrogens with zero attached hydrogens (tertiary/aromatic N) is 1. The molecule has 0 bridgehead atoms. The van der Waals surface area contributed by atoms with E-state index in [1.807, 2.05) is 17.0 Å². The van der Waals surface area contributed by atoms with E-state index in [1.54, 1.807) is 0 Å². The van der Waals surface area contributed by atoms with E-state index in [9.17, 15) is 4.79 Å². The molecule has 23 heavy (non-hydrogen) atoms. The van der Waals surface area contributed by atoms with Gasteiger partial charge in [0.15, 0.2) is 11.5 Å². The zero-order chi connectivity index (χ0) is 16.4. The molecule has 0 fully saturated rings. The molecule has 1 aromatic rings. The van der Waals surface area contributed by atoms with Gasteiger partial charge in [-0.05, 0) is 12.3 Å². The molecule has 126 valence electrons. The van der Waals surface area contributed by atoms with Crippen molar-refractivity contribution >= 4 is 17.3 Å². The second-order valence-corrected chi connectivity index (χ2v) is 6.58. The zero-order valence-corrected chi connectivity index (χ0v) is 14.2. The van der Waals surface area contributed by atoms with E-state index in [2.05, 4.69) is 26.1 Å². The molecular formula is C18H26N2O3. The number of hydrogen-bond acceptors (Lipinski definition) is 4. The van der Waals surface area contributed by atoms with Crippen LogP contribution in [0.1, 0.15) is 40.0 Å². The van der Waals surface area contributed by atoms with Crippen molar-refractivity contribution in [1.82, 2.24) is 0 Å². The number of carbonyl (C=O) groups is 1. The van der Waals surface area contributed by atoms with Crippen LogP contribution in [0.25, 0.3) is 0 Å². The molecule has 0 aliphatic carbocycles. The van der Waals surface area contributed by atoms with E-state index in [1.165, 1.54) is 0 Å². The molecule has 1 N–H and O–H groups in total. The molecule has 5 heteroatoms. The summed E-state index contributed by atoms with van der Waals surface area (Å²) in [5, 5.41) is 3.39. The fraction of sp³-hybridized carbons (Fsp3) is 0.611. The van der Waals surface area contributed by atoms with Gasteiger partial charge in [0.2, 0.25) is 5.91 Å². The van der Waals surface area contributed by atoms with Gasteiger partial charge in [-0.15, -0.1) is 0 Å². The standard InChI is InChI=1S/C18H26N2O3/c1-4-5-6-7-20-14-11-16-15(22-8-9-23-16)10-13(14)19-17(12(2)3)18(20)21/h10-12,17,19H,4-9H2,1-3H3. The number of anilines is 2. The van der Waals surface area contributed by atoms with Crippen molar-refractivity contribution in [3.05, 3.63) is 12.1 Å². The van der Waals surface area contributed by atoms with Crippen LogP contribution in [0.15, 0.2) is 12.1 Å². The van der Waals surface area contributed by atoms with Gasteiger partial charge < -0.3 is 19.7 Å². The first kappa shape index (κ1) is 16.0.